The minimum atomic E-state index is -3.63. The topological polar surface area (TPSA) is 66.5 Å². The minimum Gasteiger partial charge on any atom is -0.351 e. The van der Waals surface area contributed by atoms with Gasteiger partial charge in [0.15, 0.2) is 0 Å². The highest BCUT2D eigenvalue weighted by Crippen LogP contribution is 2.25. The van der Waals surface area contributed by atoms with Crippen molar-refractivity contribution in [1.29, 1.82) is 0 Å². The predicted octanol–water partition coefficient (Wildman–Crippen LogP) is 2.19. The lowest BCUT2D eigenvalue weighted by molar-refractivity contribution is -0.122. The van der Waals surface area contributed by atoms with Crippen LogP contribution in [0.2, 0.25) is 5.02 Å². The highest BCUT2D eigenvalue weighted by Gasteiger charge is 2.31. The Kier molecular flexibility index (Phi) is 6.23. The monoisotopic (exact) mass is 330 g/mol. The van der Waals surface area contributed by atoms with E-state index in [2.05, 4.69) is 11.9 Å². The summed E-state index contributed by atoms with van der Waals surface area (Å²) in [7, 11) is -3.63. The van der Waals surface area contributed by atoms with Crippen LogP contribution in [0.5, 0.6) is 0 Å². The molecule has 0 aliphatic rings. The van der Waals surface area contributed by atoms with E-state index >= 15 is 0 Å². The smallest absolute Gasteiger partial charge is 0.244 e. The molecule has 0 saturated carbocycles. The zero-order valence-electron chi connectivity index (χ0n) is 12.0. The fraction of sp³-hybridized carbons (Fsp3) is 0.357. The second-order valence-corrected chi connectivity index (χ2v) is 6.79. The van der Waals surface area contributed by atoms with Gasteiger partial charge in [-0.3, -0.25) is 9.10 Å². The number of hydrogen-bond acceptors (Lipinski definition) is 3. The molecular weight excluding hydrogens is 312 g/mol. The summed E-state index contributed by atoms with van der Waals surface area (Å²) in [6.07, 6.45) is 2.94. The quantitative estimate of drug-likeness (QED) is 0.779. The van der Waals surface area contributed by atoms with Crippen molar-refractivity contribution in [3.05, 3.63) is 41.9 Å². The molecule has 0 heterocycles. The van der Waals surface area contributed by atoms with Crippen LogP contribution in [0.3, 0.4) is 0 Å². The number of halogens is 1. The van der Waals surface area contributed by atoms with E-state index in [0.717, 1.165) is 10.6 Å². The summed E-state index contributed by atoms with van der Waals surface area (Å²) >= 11 is 5.91. The van der Waals surface area contributed by atoms with E-state index in [1.165, 1.54) is 12.1 Å². The number of carbonyl (C=O) groups is 1. The van der Waals surface area contributed by atoms with Crippen LogP contribution in [0.4, 0.5) is 5.69 Å². The Morgan fingerprint density at radius 2 is 2.19 bits per heavy atom. The lowest BCUT2D eigenvalue weighted by atomic mass is 10.2. The van der Waals surface area contributed by atoms with Gasteiger partial charge < -0.3 is 5.32 Å². The minimum absolute atomic E-state index is 0.280. The van der Waals surface area contributed by atoms with Gasteiger partial charge in [0.2, 0.25) is 15.9 Å². The average molecular weight is 331 g/mol. The van der Waals surface area contributed by atoms with Gasteiger partial charge in [0.1, 0.15) is 6.04 Å². The lowest BCUT2D eigenvalue weighted by Crippen LogP contribution is -2.49. The van der Waals surface area contributed by atoms with Gasteiger partial charge in [-0.2, -0.15) is 0 Å². The number of rotatable bonds is 7. The first-order chi connectivity index (χ1) is 9.81. The van der Waals surface area contributed by atoms with Gasteiger partial charge in [0.25, 0.3) is 0 Å². The maximum atomic E-state index is 12.2. The maximum Gasteiger partial charge on any atom is 0.244 e. The molecule has 21 heavy (non-hydrogen) atoms. The van der Waals surface area contributed by atoms with Crippen molar-refractivity contribution >= 4 is 33.2 Å². The van der Waals surface area contributed by atoms with Crippen LogP contribution >= 0.6 is 11.6 Å². The molecule has 0 aromatic heterocycles. The largest absolute Gasteiger partial charge is 0.351 e. The van der Waals surface area contributed by atoms with Gasteiger partial charge in [-0.1, -0.05) is 30.7 Å². The molecule has 0 bridgehead atoms. The molecule has 1 aromatic rings. The van der Waals surface area contributed by atoms with Gasteiger partial charge in [-0.25, -0.2) is 8.42 Å². The van der Waals surface area contributed by atoms with E-state index in [1.807, 2.05) is 0 Å². The molecule has 1 amide bonds. The molecule has 1 rings (SSSR count). The molecule has 0 aliphatic carbocycles. The molecule has 1 aromatic carbocycles. The van der Waals surface area contributed by atoms with Crippen LogP contribution in [0.1, 0.15) is 13.3 Å². The SMILES string of the molecule is C=CCNC(=O)C(CC)N(c1cccc(Cl)c1)S(C)(=O)=O. The number of nitrogens with zero attached hydrogens (tertiary/aromatic N) is 1. The van der Waals surface area contributed by atoms with Crippen LogP contribution in [0.15, 0.2) is 36.9 Å². The molecule has 1 unspecified atom stereocenters. The first kappa shape index (κ1) is 17.5. The summed E-state index contributed by atoms with van der Waals surface area (Å²) in [6, 6.07) is 5.58. The fourth-order valence-electron chi connectivity index (χ4n) is 1.96. The fourth-order valence-corrected chi connectivity index (χ4v) is 3.35. The molecule has 0 fully saturated rings. The second-order valence-electron chi connectivity index (χ2n) is 4.50. The van der Waals surface area contributed by atoms with E-state index in [4.69, 9.17) is 11.6 Å². The normalized spacial score (nSPS) is 12.5. The molecule has 116 valence electrons. The highest BCUT2D eigenvalue weighted by atomic mass is 35.5. The van der Waals surface area contributed by atoms with Gasteiger partial charge in [-0.15, -0.1) is 6.58 Å². The van der Waals surface area contributed by atoms with Crippen molar-refractivity contribution < 1.29 is 13.2 Å². The Balaban J connectivity index is 3.24. The van der Waals surface area contributed by atoms with E-state index in [9.17, 15) is 13.2 Å². The summed E-state index contributed by atoms with van der Waals surface area (Å²) < 4.78 is 25.3. The number of carbonyl (C=O) groups excluding carboxylic acids is 1. The van der Waals surface area contributed by atoms with Crippen molar-refractivity contribution in [2.75, 3.05) is 17.1 Å². The summed E-state index contributed by atoms with van der Waals surface area (Å²) in [5, 5.41) is 3.03. The van der Waals surface area contributed by atoms with Gasteiger partial charge in [0.05, 0.1) is 11.9 Å². The molecule has 5 nitrogen and oxygen atoms in total. The van der Waals surface area contributed by atoms with Crippen LogP contribution in [0, 0.1) is 0 Å². The molecule has 0 spiro atoms. The molecule has 0 radical (unpaired) electrons. The van der Waals surface area contributed by atoms with Crippen molar-refractivity contribution in [1.82, 2.24) is 5.32 Å². The van der Waals surface area contributed by atoms with E-state index < -0.39 is 16.1 Å². The van der Waals surface area contributed by atoms with Crippen molar-refractivity contribution in [3.63, 3.8) is 0 Å². The van der Waals surface area contributed by atoms with Crippen LogP contribution in [-0.4, -0.2) is 33.2 Å². The number of hydrogen-bond donors (Lipinski definition) is 1. The summed E-state index contributed by atoms with van der Waals surface area (Å²) in [4.78, 5) is 12.2. The summed E-state index contributed by atoms with van der Waals surface area (Å²) in [5.41, 5.74) is 0.366. The van der Waals surface area contributed by atoms with Crippen LogP contribution in [-0.2, 0) is 14.8 Å². The van der Waals surface area contributed by atoms with Gasteiger partial charge in [-0.05, 0) is 24.6 Å². The van der Waals surface area contributed by atoms with E-state index in [-0.39, 0.29) is 12.5 Å². The second kappa shape index (κ2) is 7.47. The summed E-state index contributed by atoms with van der Waals surface area (Å²) in [5.74, 6) is -0.372. The molecule has 7 heteroatoms. The van der Waals surface area contributed by atoms with E-state index in [1.54, 1.807) is 25.1 Å². The number of nitrogens with one attached hydrogen (secondary N) is 1. The van der Waals surface area contributed by atoms with Crippen LogP contribution < -0.4 is 9.62 Å². The van der Waals surface area contributed by atoms with E-state index in [0.29, 0.717) is 17.1 Å². The zero-order chi connectivity index (χ0) is 16.0. The highest BCUT2D eigenvalue weighted by molar-refractivity contribution is 7.92. The Bertz CT molecular complexity index is 616. The van der Waals surface area contributed by atoms with Crippen LogP contribution in [0.25, 0.3) is 0 Å². The Labute approximate surface area is 130 Å². The standard InChI is InChI=1S/C14H19ClN2O3S/c1-4-9-16-14(18)13(5-2)17(21(3,19)20)12-8-6-7-11(15)10-12/h4,6-8,10,13H,1,5,9H2,2-3H3,(H,16,18). The Morgan fingerprint density at radius 3 is 2.67 bits per heavy atom. The molecule has 1 N–H and O–H groups in total. The van der Waals surface area contributed by atoms with Gasteiger partial charge >= 0.3 is 0 Å². The number of anilines is 1. The average Bonchev–Trinajstić information content (AvgIpc) is 2.40. The number of sulfonamides is 1. The molecule has 1 atom stereocenters. The third-order valence-corrected chi connectivity index (χ3v) is 4.23. The number of benzene rings is 1. The third kappa shape index (κ3) is 4.75. The lowest BCUT2D eigenvalue weighted by Gasteiger charge is -2.30. The number of amides is 1. The third-order valence-electron chi connectivity index (χ3n) is 2.81. The molecule has 0 saturated heterocycles. The van der Waals surface area contributed by atoms with Crippen molar-refractivity contribution in [2.24, 2.45) is 0 Å². The first-order valence-corrected chi connectivity index (χ1v) is 8.67. The molecular formula is C14H19ClN2O3S. The predicted molar refractivity (Wildman–Crippen MR) is 86.1 cm³/mol. The Morgan fingerprint density at radius 1 is 1.52 bits per heavy atom. The first-order valence-electron chi connectivity index (χ1n) is 6.44. The van der Waals surface area contributed by atoms with Crippen molar-refractivity contribution in [3.8, 4) is 0 Å². The summed E-state index contributed by atoms with van der Waals surface area (Å²) in [6.45, 7) is 5.55. The molecule has 0 aliphatic heterocycles. The zero-order valence-corrected chi connectivity index (χ0v) is 13.6. The van der Waals surface area contributed by atoms with Gasteiger partial charge in [0, 0.05) is 11.6 Å². The Hall–Kier alpha value is -1.53. The van der Waals surface area contributed by atoms with Crippen molar-refractivity contribution in [2.45, 2.75) is 19.4 Å². The maximum absolute atomic E-state index is 12.2.